The van der Waals surface area contributed by atoms with Crippen LogP contribution in [-0.2, 0) is 41.2 Å². The third-order valence-corrected chi connectivity index (χ3v) is 9.52. The predicted molar refractivity (Wildman–Crippen MR) is 178 cm³/mol. The van der Waals surface area contributed by atoms with Crippen molar-refractivity contribution in [3.8, 4) is 5.75 Å². The Morgan fingerprint density at radius 1 is 0.980 bits per heavy atom. The summed E-state index contributed by atoms with van der Waals surface area (Å²) in [5, 5.41) is 8.39. The lowest BCUT2D eigenvalue weighted by Crippen LogP contribution is -2.40. The van der Waals surface area contributed by atoms with Crippen LogP contribution in [0.2, 0.25) is 0 Å². The maximum absolute atomic E-state index is 14.8. The second kappa shape index (κ2) is 15.3. The van der Waals surface area contributed by atoms with Crippen LogP contribution in [0.1, 0.15) is 34.4 Å². The zero-order chi connectivity index (χ0) is 34.2. The number of nitrogens with one attached hydrogen (secondary N) is 1. The summed E-state index contributed by atoms with van der Waals surface area (Å²) < 4.78 is 40.0. The van der Waals surface area contributed by atoms with E-state index in [1.165, 1.54) is 11.0 Å². The van der Waals surface area contributed by atoms with E-state index in [9.17, 15) is 18.9 Å². The molecule has 5 aromatic rings. The van der Waals surface area contributed by atoms with E-state index in [1.54, 1.807) is 12.1 Å². The molecule has 1 aromatic heterocycles. The SMILES string of the molecule is NC(=O)c1ncn([C@H]2CC(C=O)[C@@H](COP(=O)(N[C@@H](Cc3ccccc3)C(=O)OCc3ccccc3)Oc3cccc4ccccc34)O2)n1. The number of ether oxygens (including phenoxy) is 2. The molecule has 49 heavy (non-hydrogen) atoms. The number of amides is 1. The van der Waals surface area contributed by atoms with Crippen molar-refractivity contribution >= 4 is 36.7 Å². The fourth-order valence-corrected chi connectivity index (χ4v) is 6.98. The first-order valence-corrected chi connectivity index (χ1v) is 17.1. The van der Waals surface area contributed by atoms with Gasteiger partial charge in [0.1, 0.15) is 31.0 Å². The summed E-state index contributed by atoms with van der Waals surface area (Å²) in [4.78, 5) is 41.1. The highest BCUT2D eigenvalue weighted by Gasteiger charge is 2.41. The van der Waals surface area contributed by atoms with Gasteiger partial charge in [-0.2, -0.15) is 5.09 Å². The average molecular weight is 684 g/mol. The van der Waals surface area contributed by atoms with Gasteiger partial charge in [-0.25, -0.2) is 14.2 Å². The second-order valence-electron chi connectivity index (χ2n) is 11.4. The lowest BCUT2D eigenvalue weighted by atomic mass is 10.0. The average Bonchev–Trinajstić information content (AvgIpc) is 3.79. The Morgan fingerprint density at radius 2 is 1.67 bits per heavy atom. The van der Waals surface area contributed by atoms with Gasteiger partial charge >= 0.3 is 13.7 Å². The number of esters is 1. The molecule has 3 N–H and O–H groups in total. The zero-order valence-corrected chi connectivity index (χ0v) is 27.1. The molecule has 6 rings (SSSR count). The summed E-state index contributed by atoms with van der Waals surface area (Å²) in [5.41, 5.74) is 6.84. The molecule has 5 atom stereocenters. The molecule has 2 heterocycles. The summed E-state index contributed by atoms with van der Waals surface area (Å²) in [6, 6.07) is 29.9. The highest BCUT2D eigenvalue weighted by atomic mass is 31.2. The normalized spacial score (nSPS) is 19.1. The van der Waals surface area contributed by atoms with Gasteiger partial charge in [0.15, 0.2) is 6.23 Å². The molecule has 0 aliphatic carbocycles. The fraction of sp³-hybridized carbons (Fsp3) is 0.229. The van der Waals surface area contributed by atoms with Crippen LogP contribution in [0.15, 0.2) is 109 Å². The van der Waals surface area contributed by atoms with Gasteiger partial charge in [-0.05, 0) is 29.0 Å². The number of fused-ring (bicyclic) bond motifs is 1. The molecule has 1 aliphatic rings. The van der Waals surface area contributed by atoms with E-state index >= 15 is 0 Å². The van der Waals surface area contributed by atoms with Gasteiger partial charge in [0, 0.05) is 17.7 Å². The van der Waals surface area contributed by atoms with Gasteiger partial charge < -0.3 is 24.5 Å². The lowest BCUT2D eigenvalue weighted by Gasteiger charge is -2.26. The Bertz CT molecular complexity index is 1950. The zero-order valence-electron chi connectivity index (χ0n) is 26.2. The topological polar surface area (TPSA) is 174 Å². The van der Waals surface area contributed by atoms with E-state index in [0.29, 0.717) is 11.7 Å². The number of carbonyl (C=O) groups is 3. The minimum atomic E-state index is -4.42. The number of benzene rings is 4. The van der Waals surface area contributed by atoms with Crippen molar-refractivity contribution in [3.05, 3.63) is 126 Å². The monoisotopic (exact) mass is 683 g/mol. The molecule has 0 spiro atoms. The number of rotatable bonds is 15. The van der Waals surface area contributed by atoms with Crippen molar-refractivity contribution in [1.29, 1.82) is 0 Å². The van der Waals surface area contributed by atoms with Crippen LogP contribution in [0.4, 0.5) is 0 Å². The molecular formula is C35H34N5O8P. The second-order valence-corrected chi connectivity index (χ2v) is 13.1. The maximum atomic E-state index is 14.8. The number of carbonyl (C=O) groups excluding carboxylic acids is 3. The molecule has 0 bridgehead atoms. The number of hydrogen-bond donors (Lipinski definition) is 2. The molecule has 1 amide bonds. The van der Waals surface area contributed by atoms with Crippen molar-refractivity contribution in [3.63, 3.8) is 0 Å². The van der Waals surface area contributed by atoms with Crippen LogP contribution in [0.5, 0.6) is 5.75 Å². The smallest absolute Gasteiger partial charge is 0.459 e. The number of primary amides is 1. The van der Waals surface area contributed by atoms with Crippen molar-refractivity contribution < 1.29 is 37.5 Å². The summed E-state index contributed by atoms with van der Waals surface area (Å²) in [6.45, 7) is -0.358. The summed E-state index contributed by atoms with van der Waals surface area (Å²) in [7, 11) is -4.42. The molecule has 0 radical (unpaired) electrons. The molecular weight excluding hydrogens is 649 g/mol. The highest BCUT2D eigenvalue weighted by molar-refractivity contribution is 7.52. The number of nitrogens with two attached hydrogens (primary N) is 1. The quantitative estimate of drug-likeness (QED) is 0.0883. The van der Waals surface area contributed by atoms with Crippen LogP contribution < -0.4 is 15.3 Å². The van der Waals surface area contributed by atoms with Crippen molar-refractivity contribution in [2.45, 2.75) is 37.8 Å². The standard InChI is InChI=1S/C35H34N5O8P/c36-33(42)34-37-23-40(38-34)32-19-27(20-41)31(47-32)22-46-49(44,48-30-17-9-15-26-14-7-8-16-28(26)30)39-29(18-24-10-3-1-4-11-24)35(43)45-21-25-12-5-2-6-13-25/h1-17,20,23,27,29,31-32H,18-19,21-22H2,(H2,36,42)(H,39,44)/t27?,29-,31+,32+,49?/m0/s1. The first-order chi connectivity index (χ1) is 23.8. The van der Waals surface area contributed by atoms with Crippen molar-refractivity contribution in [1.82, 2.24) is 19.9 Å². The first kappa shape index (κ1) is 33.7. The molecule has 13 nitrogen and oxygen atoms in total. The van der Waals surface area contributed by atoms with Crippen LogP contribution in [0.25, 0.3) is 10.8 Å². The molecule has 4 aromatic carbocycles. The van der Waals surface area contributed by atoms with E-state index in [4.69, 9.17) is 24.3 Å². The van der Waals surface area contributed by atoms with Crippen LogP contribution in [0.3, 0.4) is 0 Å². The highest BCUT2D eigenvalue weighted by Crippen LogP contribution is 2.48. The summed E-state index contributed by atoms with van der Waals surface area (Å²) in [6.07, 6.45) is 0.629. The third-order valence-electron chi connectivity index (χ3n) is 7.96. The summed E-state index contributed by atoms with van der Waals surface area (Å²) >= 11 is 0. The first-order valence-electron chi connectivity index (χ1n) is 15.6. The van der Waals surface area contributed by atoms with Crippen molar-refractivity contribution in [2.75, 3.05) is 6.61 Å². The van der Waals surface area contributed by atoms with Gasteiger partial charge in [-0.1, -0.05) is 97.1 Å². The maximum Gasteiger partial charge on any atom is 0.459 e. The number of nitrogens with zero attached hydrogens (tertiary/aromatic N) is 3. The van der Waals surface area contributed by atoms with E-state index in [-0.39, 0.29) is 37.6 Å². The lowest BCUT2D eigenvalue weighted by molar-refractivity contribution is -0.147. The minimum Gasteiger partial charge on any atom is -0.460 e. The van der Waals surface area contributed by atoms with E-state index in [1.807, 2.05) is 91.0 Å². The predicted octanol–water partition coefficient (Wildman–Crippen LogP) is 4.78. The molecule has 0 saturated carbocycles. The largest absolute Gasteiger partial charge is 0.460 e. The van der Waals surface area contributed by atoms with Gasteiger partial charge in [0.05, 0.1) is 12.7 Å². The molecule has 252 valence electrons. The number of hydrogen-bond acceptors (Lipinski definition) is 10. The van der Waals surface area contributed by atoms with Gasteiger partial charge in [0.2, 0.25) is 5.82 Å². The van der Waals surface area contributed by atoms with Gasteiger partial charge in [-0.3, -0.25) is 14.1 Å². The molecule has 14 heteroatoms. The summed E-state index contributed by atoms with van der Waals surface area (Å²) in [5.74, 6) is -2.12. The van der Waals surface area contributed by atoms with E-state index in [2.05, 4.69) is 15.2 Å². The minimum absolute atomic E-state index is 0.0000514. The molecule has 2 unspecified atom stereocenters. The number of aromatic nitrogens is 3. The van der Waals surface area contributed by atoms with Crippen molar-refractivity contribution in [2.24, 2.45) is 11.7 Å². The van der Waals surface area contributed by atoms with Crippen LogP contribution in [-0.4, -0.2) is 51.7 Å². The number of aldehydes is 1. The fourth-order valence-electron chi connectivity index (χ4n) is 5.46. The van der Waals surface area contributed by atoms with Gasteiger partial charge in [-0.15, -0.1) is 5.10 Å². The third kappa shape index (κ3) is 8.45. The molecule has 1 saturated heterocycles. The molecule has 1 aliphatic heterocycles. The Hall–Kier alpha value is -5.20. The molecule has 1 fully saturated rings. The Morgan fingerprint density at radius 3 is 2.39 bits per heavy atom. The van der Waals surface area contributed by atoms with Gasteiger partial charge in [0.25, 0.3) is 5.91 Å². The van der Waals surface area contributed by atoms with Crippen LogP contribution >= 0.6 is 7.75 Å². The van der Waals surface area contributed by atoms with E-state index in [0.717, 1.165) is 16.5 Å². The Labute approximate surface area is 281 Å². The van der Waals surface area contributed by atoms with E-state index < -0.39 is 43.9 Å². The Kier molecular flexibility index (Phi) is 10.6. The van der Waals surface area contributed by atoms with Crippen LogP contribution in [0, 0.1) is 5.92 Å². The Balaban J connectivity index is 1.27.